The maximum Gasteiger partial charge on any atom is 0.418 e. The lowest BCUT2D eigenvalue weighted by Gasteiger charge is -2.44. The van der Waals surface area contributed by atoms with Crippen LogP contribution in [0.5, 0.6) is 0 Å². The zero-order valence-electron chi connectivity index (χ0n) is 23.0. The molecule has 2 aromatic carbocycles. The summed E-state index contributed by atoms with van der Waals surface area (Å²) in [6, 6.07) is 0.645. The standard InChI is InChI=1S/C28H25F9N2O5/c1-14(2)44-25(42)39-21-6-5-17(26(29,30)31)10-20(21)23(11-22(39)16-3-4-16)38(24(41)43-13-40)12-15-7-18(27(32,33)34)9-19(8-15)28(35,36)37/h5-10,13-14,16,22-23H,3-4,11-12H2,1-2H3/t22-,23-/m1/s1. The van der Waals surface area contributed by atoms with Gasteiger partial charge in [-0.15, -0.1) is 0 Å². The van der Waals surface area contributed by atoms with Crippen LogP contribution >= 0.6 is 0 Å². The number of amides is 2. The van der Waals surface area contributed by atoms with Crippen molar-refractivity contribution in [3.63, 3.8) is 0 Å². The van der Waals surface area contributed by atoms with Crippen LogP contribution in [0.4, 0.5) is 54.8 Å². The second-order valence-electron chi connectivity index (χ2n) is 10.8. The van der Waals surface area contributed by atoms with Gasteiger partial charge in [0.25, 0.3) is 0 Å². The average Bonchev–Trinajstić information content (AvgIpc) is 3.74. The highest BCUT2D eigenvalue weighted by Crippen LogP contribution is 2.50. The van der Waals surface area contributed by atoms with Crippen molar-refractivity contribution in [2.24, 2.45) is 5.92 Å². The van der Waals surface area contributed by atoms with E-state index in [9.17, 15) is 53.9 Å². The molecule has 2 atom stereocenters. The fourth-order valence-electron chi connectivity index (χ4n) is 5.25. The molecule has 2 aliphatic rings. The number of alkyl halides is 9. The fraction of sp³-hybridized carbons (Fsp3) is 0.464. The van der Waals surface area contributed by atoms with E-state index in [1.165, 1.54) is 0 Å². The number of fused-ring (bicyclic) bond motifs is 1. The van der Waals surface area contributed by atoms with Crippen LogP contribution in [0.15, 0.2) is 36.4 Å². The van der Waals surface area contributed by atoms with Crippen molar-refractivity contribution >= 4 is 24.3 Å². The topological polar surface area (TPSA) is 76.2 Å². The van der Waals surface area contributed by atoms with Crippen LogP contribution in [0.1, 0.15) is 67.0 Å². The Balaban J connectivity index is 1.90. The number of halogens is 9. The number of nitrogens with zero attached hydrogens (tertiary/aromatic N) is 2. The van der Waals surface area contributed by atoms with Gasteiger partial charge in [0.05, 0.1) is 34.5 Å². The molecule has 2 aromatic rings. The average molecular weight is 640 g/mol. The van der Waals surface area contributed by atoms with E-state index in [0.29, 0.717) is 42.0 Å². The largest absolute Gasteiger partial charge is 0.446 e. The Labute approximate surface area is 244 Å². The zero-order chi connectivity index (χ0) is 32.8. The SMILES string of the molecule is CC(C)OC(=O)N1c2ccc(C(F)(F)F)cc2[C@H](N(Cc2cc(C(F)(F)F)cc(C(F)(F)F)c2)C(=O)OC=O)C[C@@H]1C1CC1. The van der Waals surface area contributed by atoms with E-state index in [4.69, 9.17) is 4.74 Å². The summed E-state index contributed by atoms with van der Waals surface area (Å²) in [5.41, 5.74) is -5.68. The Morgan fingerprint density at radius 1 is 0.909 bits per heavy atom. The van der Waals surface area contributed by atoms with Gasteiger partial charge in [0.1, 0.15) is 0 Å². The van der Waals surface area contributed by atoms with Gasteiger partial charge in [-0.25, -0.2) is 9.59 Å². The molecular weight excluding hydrogens is 615 g/mol. The molecule has 0 aromatic heterocycles. The number of carbonyl (C=O) groups is 3. The van der Waals surface area contributed by atoms with Gasteiger partial charge in [-0.3, -0.25) is 14.6 Å². The molecule has 0 unspecified atom stereocenters. The smallest absolute Gasteiger partial charge is 0.418 e. The Morgan fingerprint density at radius 3 is 1.95 bits per heavy atom. The summed E-state index contributed by atoms with van der Waals surface area (Å²) >= 11 is 0. The molecule has 1 aliphatic carbocycles. The maximum atomic E-state index is 13.8. The van der Waals surface area contributed by atoms with Crippen molar-refractivity contribution in [3.05, 3.63) is 64.2 Å². The van der Waals surface area contributed by atoms with Crippen LogP contribution in [0.3, 0.4) is 0 Å². The third-order valence-corrected chi connectivity index (χ3v) is 7.23. The molecule has 1 aliphatic heterocycles. The predicted octanol–water partition coefficient (Wildman–Crippen LogP) is 8.11. The Morgan fingerprint density at radius 2 is 1.48 bits per heavy atom. The van der Waals surface area contributed by atoms with Crippen molar-refractivity contribution in [1.29, 1.82) is 0 Å². The van der Waals surface area contributed by atoms with E-state index < -0.39 is 77.7 Å². The molecular formula is C28H25F9N2O5. The Bertz CT molecular complexity index is 1390. The highest BCUT2D eigenvalue weighted by atomic mass is 19.4. The van der Waals surface area contributed by atoms with Gasteiger partial charge in [0.2, 0.25) is 0 Å². The quantitative estimate of drug-likeness (QED) is 0.181. The zero-order valence-corrected chi connectivity index (χ0v) is 23.0. The van der Waals surface area contributed by atoms with E-state index in [-0.39, 0.29) is 36.1 Å². The van der Waals surface area contributed by atoms with Crippen LogP contribution in [0.25, 0.3) is 0 Å². The lowest BCUT2D eigenvalue weighted by Crippen LogP contribution is -2.50. The lowest BCUT2D eigenvalue weighted by atomic mass is 9.86. The number of hydrogen-bond donors (Lipinski definition) is 0. The first-order chi connectivity index (χ1) is 20.3. The molecule has 7 nitrogen and oxygen atoms in total. The minimum atomic E-state index is -5.22. The van der Waals surface area contributed by atoms with E-state index >= 15 is 0 Å². The highest BCUT2D eigenvalue weighted by molar-refractivity contribution is 5.91. The lowest BCUT2D eigenvalue weighted by molar-refractivity contribution is -0.143. The molecule has 0 radical (unpaired) electrons. The summed E-state index contributed by atoms with van der Waals surface area (Å²) < 4.78 is 132. The number of anilines is 1. The minimum absolute atomic E-state index is 0.110. The van der Waals surface area contributed by atoms with E-state index in [0.717, 1.165) is 11.0 Å². The first-order valence-electron chi connectivity index (χ1n) is 13.2. The number of ether oxygens (including phenoxy) is 2. The molecule has 0 spiro atoms. The number of benzene rings is 2. The molecule has 2 amide bonds. The number of hydrogen-bond acceptors (Lipinski definition) is 5. The summed E-state index contributed by atoms with van der Waals surface area (Å²) in [6.45, 7) is 1.74. The molecule has 240 valence electrons. The molecule has 1 saturated carbocycles. The van der Waals surface area contributed by atoms with Crippen molar-refractivity contribution in [1.82, 2.24) is 4.90 Å². The van der Waals surface area contributed by atoms with Gasteiger partial charge in [-0.1, -0.05) is 0 Å². The molecule has 44 heavy (non-hydrogen) atoms. The second-order valence-corrected chi connectivity index (χ2v) is 10.8. The van der Waals surface area contributed by atoms with E-state index in [2.05, 4.69) is 4.74 Å². The third-order valence-electron chi connectivity index (χ3n) is 7.23. The van der Waals surface area contributed by atoms with E-state index in [1.807, 2.05) is 0 Å². The molecule has 1 fully saturated rings. The Kier molecular flexibility index (Phi) is 8.86. The van der Waals surface area contributed by atoms with Gasteiger partial charge < -0.3 is 9.47 Å². The number of carbonyl (C=O) groups excluding carboxylic acids is 3. The van der Waals surface area contributed by atoms with Crippen LogP contribution in [-0.2, 0) is 39.3 Å². The van der Waals surface area contributed by atoms with Crippen molar-refractivity contribution in [2.75, 3.05) is 4.90 Å². The van der Waals surface area contributed by atoms with Crippen LogP contribution in [0.2, 0.25) is 0 Å². The summed E-state index contributed by atoms with van der Waals surface area (Å²) in [5.74, 6) is -0.206. The normalized spacial score (nSPS) is 19.0. The number of rotatable bonds is 6. The second kappa shape index (κ2) is 11.8. The van der Waals surface area contributed by atoms with Gasteiger partial charge in [-0.05, 0) is 86.6 Å². The summed E-state index contributed by atoms with van der Waals surface area (Å²) in [4.78, 5) is 39.1. The van der Waals surface area contributed by atoms with Gasteiger partial charge in [0, 0.05) is 12.6 Å². The summed E-state index contributed by atoms with van der Waals surface area (Å²) in [5, 5.41) is 0. The van der Waals surface area contributed by atoms with Crippen molar-refractivity contribution < 1.29 is 63.4 Å². The van der Waals surface area contributed by atoms with Gasteiger partial charge >= 0.3 is 37.2 Å². The monoisotopic (exact) mass is 640 g/mol. The molecule has 0 saturated heterocycles. The van der Waals surface area contributed by atoms with Crippen LogP contribution in [-0.4, -0.2) is 35.7 Å². The fourth-order valence-corrected chi connectivity index (χ4v) is 5.25. The highest BCUT2D eigenvalue weighted by Gasteiger charge is 2.48. The molecule has 0 bridgehead atoms. The first-order valence-corrected chi connectivity index (χ1v) is 13.2. The van der Waals surface area contributed by atoms with Crippen LogP contribution in [0, 0.1) is 5.92 Å². The minimum Gasteiger partial charge on any atom is -0.446 e. The molecule has 4 rings (SSSR count). The molecule has 0 N–H and O–H groups in total. The maximum absolute atomic E-state index is 13.8. The predicted molar refractivity (Wildman–Crippen MR) is 134 cm³/mol. The molecule has 16 heteroatoms. The van der Waals surface area contributed by atoms with Gasteiger partial charge in [-0.2, -0.15) is 39.5 Å². The van der Waals surface area contributed by atoms with Crippen LogP contribution < -0.4 is 4.90 Å². The van der Waals surface area contributed by atoms with E-state index in [1.54, 1.807) is 13.8 Å². The summed E-state index contributed by atoms with van der Waals surface area (Å²) in [7, 11) is 0. The first kappa shape index (κ1) is 32.9. The summed E-state index contributed by atoms with van der Waals surface area (Å²) in [6.07, 6.45) is -17.5. The van der Waals surface area contributed by atoms with Gasteiger partial charge in [0.15, 0.2) is 0 Å². The Hall–Kier alpha value is -3.98. The molecule has 1 heterocycles. The van der Waals surface area contributed by atoms with Crippen molar-refractivity contribution in [3.8, 4) is 0 Å². The third kappa shape index (κ3) is 7.21. The van der Waals surface area contributed by atoms with Crippen molar-refractivity contribution in [2.45, 2.75) is 76.4 Å².